The number of hydrogen-bond donors (Lipinski definition) is 2. The van der Waals surface area contributed by atoms with Crippen molar-refractivity contribution in [3.63, 3.8) is 0 Å². The maximum absolute atomic E-state index is 9.66. The molecule has 0 spiro atoms. The molecule has 4 heteroatoms. The Morgan fingerprint density at radius 3 is 2.76 bits per heavy atom. The van der Waals surface area contributed by atoms with E-state index in [9.17, 15) is 5.11 Å². The number of para-hydroxylation sites is 1. The van der Waals surface area contributed by atoms with Gasteiger partial charge in [-0.25, -0.2) is 0 Å². The molecular weight excluding hydrogens is 298 g/mol. The summed E-state index contributed by atoms with van der Waals surface area (Å²) in [5.74, 6) is 0.345. The average molecular weight is 312 g/mol. The predicted molar refractivity (Wildman–Crippen MR) is 75.4 cm³/mol. The molecule has 0 amide bonds. The fourth-order valence-corrected chi connectivity index (χ4v) is 3.38. The minimum Gasteiger partial charge on any atom is -0.508 e. The van der Waals surface area contributed by atoms with E-state index in [-0.39, 0.29) is 6.04 Å². The SMILES string of the molecule is CC(NCc1ccccc1O)c1sccc1Br. The van der Waals surface area contributed by atoms with E-state index in [1.165, 1.54) is 4.88 Å². The van der Waals surface area contributed by atoms with Crippen molar-refractivity contribution in [2.75, 3.05) is 0 Å². The van der Waals surface area contributed by atoms with Gasteiger partial charge in [0.25, 0.3) is 0 Å². The second-order valence-corrected chi connectivity index (χ2v) is 5.67. The van der Waals surface area contributed by atoms with E-state index in [0.717, 1.165) is 10.0 Å². The first-order chi connectivity index (χ1) is 8.18. The third-order valence-electron chi connectivity index (χ3n) is 2.63. The highest BCUT2D eigenvalue weighted by Gasteiger charge is 2.10. The topological polar surface area (TPSA) is 32.3 Å². The molecule has 90 valence electrons. The number of aromatic hydroxyl groups is 1. The van der Waals surface area contributed by atoms with Crippen molar-refractivity contribution in [2.24, 2.45) is 0 Å². The van der Waals surface area contributed by atoms with Gasteiger partial charge in [-0.15, -0.1) is 11.3 Å². The van der Waals surface area contributed by atoms with Gasteiger partial charge in [0.1, 0.15) is 5.75 Å². The summed E-state index contributed by atoms with van der Waals surface area (Å²) in [6, 6.07) is 9.73. The van der Waals surface area contributed by atoms with Gasteiger partial charge in [-0.05, 0) is 40.4 Å². The van der Waals surface area contributed by atoms with Gasteiger partial charge in [-0.2, -0.15) is 0 Å². The lowest BCUT2D eigenvalue weighted by atomic mass is 10.2. The molecule has 0 fully saturated rings. The van der Waals surface area contributed by atoms with Gasteiger partial charge < -0.3 is 10.4 Å². The Bertz CT molecular complexity index is 498. The zero-order chi connectivity index (χ0) is 12.3. The molecule has 1 atom stereocenters. The Balaban J connectivity index is 2.00. The highest BCUT2D eigenvalue weighted by atomic mass is 79.9. The molecule has 17 heavy (non-hydrogen) atoms. The number of hydrogen-bond acceptors (Lipinski definition) is 3. The molecule has 0 aliphatic rings. The first-order valence-corrected chi connectivity index (χ1v) is 7.09. The molecule has 2 rings (SSSR count). The van der Waals surface area contributed by atoms with Crippen molar-refractivity contribution in [3.05, 3.63) is 50.6 Å². The van der Waals surface area contributed by atoms with Crippen molar-refractivity contribution < 1.29 is 5.11 Å². The predicted octanol–water partition coefficient (Wildman–Crippen LogP) is 4.07. The van der Waals surface area contributed by atoms with E-state index in [1.807, 2.05) is 18.2 Å². The molecule has 0 radical (unpaired) electrons. The molecule has 2 aromatic rings. The van der Waals surface area contributed by atoms with Crippen molar-refractivity contribution in [1.82, 2.24) is 5.32 Å². The number of benzene rings is 1. The second-order valence-electron chi connectivity index (χ2n) is 3.86. The molecule has 0 bridgehead atoms. The lowest BCUT2D eigenvalue weighted by molar-refractivity contribution is 0.460. The van der Waals surface area contributed by atoms with Crippen LogP contribution < -0.4 is 5.32 Å². The van der Waals surface area contributed by atoms with Crippen molar-refractivity contribution in [2.45, 2.75) is 19.5 Å². The van der Waals surface area contributed by atoms with Gasteiger partial charge in [0, 0.05) is 27.5 Å². The quantitative estimate of drug-likeness (QED) is 0.892. The summed E-state index contributed by atoms with van der Waals surface area (Å²) < 4.78 is 1.14. The molecule has 1 aromatic carbocycles. The first-order valence-electron chi connectivity index (χ1n) is 5.41. The smallest absolute Gasteiger partial charge is 0.120 e. The Labute approximate surface area is 113 Å². The van der Waals surface area contributed by atoms with Crippen LogP contribution in [0, 0.1) is 0 Å². The standard InChI is InChI=1S/C13H14BrNOS/c1-9(13-11(14)6-7-17-13)15-8-10-4-2-3-5-12(10)16/h2-7,9,15-16H,8H2,1H3. The van der Waals surface area contributed by atoms with Crippen LogP contribution in [0.5, 0.6) is 5.75 Å². The molecule has 1 unspecified atom stereocenters. The molecule has 1 aromatic heterocycles. The van der Waals surface area contributed by atoms with E-state index < -0.39 is 0 Å². The number of thiophene rings is 1. The second kappa shape index (κ2) is 5.67. The number of phenols is 1. The molecular formula is C13H14BrNOS. The lowest BCUT2D eigenvalue weighted by Crippen LogP contribution is -2.17. The Hall–Kier alpha value is -0.840. The highest BCUT2D eigenvalue weighted by molar-refractivity contribution is 9.10. The summed E-state index contributed by atoms with van der Waals surface area (Å²) in [4.78, 5) is 1.28. The van der Waals surface area contributed by atoms with Gasteiger partial charge in [0.2, 0.25) is 0 Å². The van der Waals surface area contributed by atoms with Crippen LogP contribution in [0.15, 0.2) is 40.2 Å². The van der Waals surface area contributed by atoms with Gasteiger partial charge in [0.05, 0.1) is 0 Å². The average Bonchev–Trinajstić information content (AvgIpc) is 2.74. The first kappa shape index (κ1) is 12.6. The molecule has 0 saturated carbocycles. The lowest BCUT2D eigenvalue weighted by Gasteiger charge is -2.13. The van der Waals surface area contributed by atoms with E-state index in [0.29, 0.717) is 12.3 Å². The zero-order valence-electron chi connectivity index (χ0n) is 9.48. The van der Waals surface area contributed by atoms with E-state index in [1.54, 1.807) is 17.4 Å². The van der Waals surface area contributed by atoms with Crippen LogP contribution in [0.4, 0.5) is 0 Å². The number of rotatable bonds is 4. The van der Waals surface area contributed by atoms with Crippen LogP contribution >= 0.6 is 27.3 Å². The molecule has 0 saturated heterocycles. The normalized spacial score (nSPS) is 12.6. The minimum absolute atomic E-state index is 0.268. The number of nitrogens with one attached hydrogen (secondary N) is 1. The van der Waals surface area contributed by atoms with Crippen molar-refractivity contribution in [3.8, 4) is 5.75 Å². The fourth-order valence-electron chi connectivity index (χ4n) is 1.63. The monoisotopic (exact) mass is 311 g/mol. The zero-order valence-corrected chi connectivity index (χ0v) is 11.9. The van der Waals surface area contributed by atoms with Crippen LogP contribution in [0.3, 0.4) is 0 Å². The van der Waals surface area contributed by atoms with Crippen LogP contribution in [-0.2, 0) is 6.54 Å². The summed E-state index contributed by atoms with van der Waals surface area (Å²) in [7, 11) is 0. The molecule has 2 N–H and O–H groups in total. The van der Waals surface area contributed by atoms with Gasteiger partial charge in [0.15, 0.2) is 0 Å². The molecule has 0 aliphatic carbocycles. The Kier molecular flexibility index (Phi) is 4.20. The van der Waals surface area contributed by atoms with Crippen molar-refractivity contribution >= 4 is 27.3 Å². The number of phenolic OH excluding ortho intramolecular Hbond substituents is 1. The largest absolute Gasteiger partial charge is 0.508 e. The van der Waals surface area contributed by atoms with Gasteiger partial charge in [-0.3, -0.25) is 0 Å². The third kappa shape index (κ3) is 3.09. The van der Waals surface area contributed by atoms with Crippen LogP contribution in [-0.4, -0.2) is 5.11 Å². The molecule has 2 nitrogen and oxygen atoms in total. The maximum Gasteiger partial charge on any atom is 0.120 e. The van der Waals surface area contributed by atoms with Crippen LogP contribution in [0.25, 0.3) is 0 Å². The van der Waals surface area contributed by atoms with Gasteiger partial charge in [-0.1, -0.05) is 18.2 Å². The van der Waals surface area contributed by atoms with Crippen molar-refractivity contribution in [1.29, 1.82) is 0 Å². The number of halogens is 1. The highest BCUT2D eigenvalue weighted by Crippen LogP contribution is 2.29. The maximum atomic E-state index is 9.66. The third-order valence-corrected chi connectivity index (χ3v) is 4.68. The molecule has 0 aliphatic heterocycles. The Morgan fingerprint density at radius 1 is 1.35 bits per heavy atom. The van der Waals surface area contributed by atoms with Crippen LogP contribution in [0.2, 0.25) is 0 Å². The minimum atomic E-state index is 0.268. The van der Waals surface area contributed by atoms with E-state index in [4.69, 9.17) is 0 Å². The Morgan fingerprint density at radius 2 is 2.12 bits per heavy atom. The van der Waals surface area contributed by atoms with E-state index >= 15 is 0 Å². The summed E-state index contributed by atoms with van der Waals surface area (Å²) in [5.41, 5.74) is 0.923. The van der Waals surface area contributed by atoms with Gasteiger partial charge >= 0.3 is 0 Å². The molecule has 1 heterocycles. The van der Waals surface area contributed by atoms with Crippen LogP contribution in [0.1, 0.15) is 23.4 Å². The summed E-state index contributed by atoms with van der Waals surface area (Å²) in [6.45, 7) is 2.79. The fraction of sp³-hybridized carbons (Fsp3) is 0.231. The summed E-state index contributed by atoms with van der Waals surface area (Å²) >= 11 is 5.25. The van der Waals surface area contributed by atoms with E-state index in [2.05, 4.69) is 39.6 Å². The summed E-state index contributed by atoms with van der Waals surface area (Å²) in [6.07, 6.45) is 0. The summed E-state index contributed by atoms with van der Waals surface area (Å²) in [5, 5.41) is 15.1.